The molecule has 1 rings (SSSR count). The van der Waals surface area contributed by atoms with Crippen LogP contribution in [0.3, 0.4) is 0 Å². The van der Waals surface area contributed by atoms with Gasteiger partial charge in [0.05, 0.1) is 6.61 Å². The highest BCUT2D eigenvalue weighted by atomic mass is 16.5. The van der Waals surface area contributed by atoms with Gasteiger partial charge in [0.2, 0.25) is 0 Å². The lowest BCUT2D eigenvalue weighted by Gasteiger charge is -2.07. The third kappa shape index (κ3) is 5.03. The molecular weight excluding hydrogens is 212 g/mol. The highest BCUT2D eigenvalue weighted by Gasteiger charge is 2.07. The summed E-state index contributed by atoms with van der Waals surface area (Å²) in [6.45, 7) is 6.99. The molecule has 0 fully saturated rings. The van der Waals surface area contributed by atoms with Crippen LogP contribution in [0, 0.1) is 5.92 Å². The molecule has 0 radical (unpaired) electrons. The first-order valence-corrected chi connectivity index (χ1v) is 6.39. The van der Waals surface area contributed by atoms with Crippen molar-refractivity contribution in [2.24, 2.45) is 5.92 Å². The van der Waals surface area contributed by atoms with Gasteiger partial charge < -0.3 is 4.74 Å². The predicted molar refractivity (Wildman–Crippen MR) is 70.6 cm³/mol. The molecule has 0 saturated heterocycles. The van der Waals surface area contributed by atoms with Gasteiger partial charge in [-0.1, -0.05) is 27.2 Å². The van der Waals surface area contributed by atoms with E-state index in [1.807, 2.05) is 24.3 Å². The molecule has 0 aliphatic carbocycles. The van der Waals surface area contributed by atoms with Gasteiger partial charge in [0.25, 0.3) is 0 Å². The van der Waals surface area contributed by atoms with Crippen LogP contribution in [0.1, 0.15) is 50.4 Å². The normalized spacial score (nSPS) is 10.6. The van der Waals surface area contributed by atoms with Crippen LogP contribution >= 0.6 is 0 Å². The Labute approximate surface area is 104 Å². The summed E-state index contributed by atoms with van der Waals surface area (Å²) < 4.78 is 5.55. The molecule has 0 spiro atoms. The van der Waals surface area contributed by atoms with Gasteiger partial charge in [-0.2, -0.15) is 0 Å². The van der Waals surface area contributed by atoms with Crippen LogP contribution in [0.4, 0.5) is 0 Å². The number of carbonyl (C=O) groups is 1. The van der Waals surface area contributed by atoms with Crippen LogP contribution in [0.15, 0.2) is 24.3 Å². The molecule has 0 atom stereocenters. The second-order valence-corrected chi connectivity index (χ2v) is 4.75. The van der Waals surface area contributed by atoms with E-state index in [0.29, 0.717) is 12.3 Å². The molecule has 1 aromatic rings. The van der Waals surface area contributed by atoms with Crippen molar-refractivity contribution in [3.63, 3.8) is 0 Å². The summed E-state index contributed by atoms with van der Waals surface area (Å²) >= 11 is 0. The number of carbonyl (C=O) groups excluding carboxylic acids is 1. The fourth-order valence-corrected chi connectivity index (χ4v) is 1.56. The van der Waals surface area contributed by atoms with Crippen LogP contribution in [-0.2, 0) is 0 Å². The fraction of sp³-hybridized carbons (Fsp3) is 0.533. The van der Waals surface area contributed by atoms with E-state index in [1.165, 1.54) is 0 Å². The maximum absolute atomic E-state index is 11.8. The fourth-order valence-electron chi connectivity index (χ4n) is 1.56. The van der Waals surface area contributed by atoms with Crippen molar-refractivity contribution in [3.8, 4) is 5.75 Å². The summed E-state index contributed by atoms with van der Waals surface area (Å²) in [5.41, 5.74) is 0.779. The lowest BCUT2D eigenvalue weighted by molar-refractivity contribution is 0.0968. The Morgan fingerprint density at radius 1 is 1.24 bits per heavy atom. The summed E-state index contributed by atoms with van der Waals surface area (Å²) in [6, 6.07) is 7.46. The summed E-state index contributed by atoms with van der Waals surface area (Å²) in [6.07, 6.45) is 2.80. The van der Waals surface area contributed by atoms with E-state index in [-0.39, 0.29) is 5.78 Å². The van der Waals surface area contributed by atoms with Crippen molar-refractivity contribution in [2.75, 3.05) is 6.61 Å². The largest absolute Gasteiger partial charge is 0.494 e. The number of benzene rings is 1. The first kappa shape index (κ1) is 13.8. The van der Waals surface area contributed by atoms with Gasteiger partial charge in [0, 0.05) is 12.0 Å². The quantitative estimate of drug-likeness (QED) is 0.524. The SMILES string of the molecule is CCCCOc1ccc(C(=O)CC(C)C)cc1. The predicted octanol–water partition coefficient (Wildman–Crippen LogP) is 4.09. The highest BCUT2D eigenvalue weighted by Crippen LogP contribution is 2.15. The Morgan fingerprint density at radius 2 is 1.88 bits per heavy atom. The van der Waals surface area contributed by atoms with Crippen LogP contribution in [0.2, 0.25) is 0 Å². The van der Waals surface area contributed by atoms with Crippen LogP contribution in [0.25, 0.3) is 0 Å². The molecule has 0 heterocycles. The Morgan fingerprint density at radius 3 is 2.41 bits per heavy atom. The molecule has 0 N–H and O–H groups in total. The molecule has 0 aliphatic rings. The van der Waals surface area contributed by atoms with Gasteiger partial charge in [-0.05, 0) is 36.6 Å². The third-order valence-corrected chi connectivity index (χ3v) is 2.54. The van der Waals surface area contributed by atoms with E-state index in [4.69, 9.17) is 4.74 Å². The Kier molecular flexibility index (Phi) is 5.75. The summed E-state index contributed by atoms with van der Waals surface area (Å²) in [5, 5.41) is 0. The molecule has 0 unspecified atom stereocenters. The Hall–Kier alpha value is -1.31. The molecule has 0 bridgehead atoms. The average Bonchev–Trinajstić information content (AvgIpc) is 2.29. The van der Waals surface area contributed by atoms with Gasteiger partial charge in [0.15, 0.2) is 5.78 Å². The van der Waals surface area contributed by atoms with Gasteiger partial charge in [-0.25, -0.2) is 0 Å². The maximum Gasteiger partial charge on any atom is 0.163 e. The van der Waals surface area contributed by atoms with Crippen molar-refractivity contribution in [2.45, 2.75) is 40.0 Å². The Bertz CT molecular complexity index is 338. The van der Waals surface area contributed by atoms with E-state index >= 15 is 0 Å². The Balaban J connectivity index is 2.52. The number of unbranched alkanes of at least 4 members (excludes halogenated alkanes) is 1. The topological polar surface area (TPSA) is 26.3 Å². The number of Topliss-reactive ketones (excluding diaryl/α,β-unsaturated/α-hetero) is 1. The van der Waals surface area contributed by atoms with Gasteiger partial charge in [0.1, 0.15) is 5.75 Å². The number of rotatable bonds is 7. The minimum Gasteiger partial charge on any atom is -0.494 e. The van der Waals surface area contributed by atoms with Crippen molar-refractivity contribution < 1.29 is 9.53 Å². The standard InChI is InChI=1S/C15H22O2/c1-4-5-10-17-14-8-6-13(7-9-14)15(16)11-12(2)3/h6-9,12H,4-5,10-11H2,1-3H3. The van der Waals surface area contributed by atoms with Crippen LogP contribution < -0.4 is 4.74 Å². The van der Waals surface area contributed by atoms with Crippen molar-refractivity contribution in [1.29, 1.82) is 0 Å². The molecule has 94 valence electrons. The molecule has 0 saturated carbocycles. The highest BCUT2D eigenvalue weighted by molar-refractivity contribution is 5.96. The summed E-state index contributed by atoms with van der Waals surface area (Å²) in [5.74, 6) is 1.46. The zero-order chi connectivity index (χ0) is 12.7. The van der Waals surface area contributed by atoms with Crippen LogP contribution in [0.5, 0.6) is 5.75 Å². The van der Waals surface area contributed by atoms with Crippen molar-refractivity contribution >= 4 is 5.78 Å². The van der Waals surface area contributed by atoms with E-state index in [2.05, 4.69) is 20.8 Å². The van der Waals surface area contributed by atoms with Gasteiger partial charge in [-0.15, -0.1) is 0 Å². The number of ether oxygens (including phenoxy) is 1. The minimum atomic E-state index is 0.208. The summed E-state index contributed by atoms with van der Waals surface area (Å²) in [7, 11) is 0. The molecular formula is C15H22O2. The molecule has 2 nitrogen and oxygen atoms in total. The minimum absolute atomic E-state index is 0.208. The second kappa shape index (κ2) is 7.10. The number of hydrogen-bond acceptors (Lipinski definition) is 2. The van der Waals surface area contributed by atoms with E-state index in [9.17, 15) is 4.79 Å². The van der Waals surface area contributed by atoms with Crippen molar-refractivity contribution in [1.82, 2.24) is 0 Å². The number of ketones is 1. The molecule has 2 heteroatoms. The van der Waals surface area contributed by atoms with E-state index in [1.54, 1.807) is 0 Å². The molecule has 1 aromatic carbocycles. The molecule has 0 aromatic heterocycles. The van der Waals surface area contributed by atoms with E-state index in [0.717, 1.165) is 30.8 Å². The smallest absolute Gasteiger partial charge is 0.163 e. The zero-order valence-electron chi connectivity index (χ0n) is 11.0. The first-order chi connectivity index (χ1) is 8.13. The lowest BCUT2D eigenvalue weighted by Crippen LogP contribution is -2.03. The van der Waals surface area contributed by atoms with Gasteiger partial charge >= 0.3 is 0 Å². The van der Waals surface area contributed by atoms with Crippen molar-refractivity contribution in [3.05, 3.63) is 29.8 Å². The lowest BCUT2D eigenvalue weighted by atomic mass is 10.0. The van der Waals surface area contributed by atoms with E-state index < -0.39 is 0 Å². The molecule has 0 aliphatic heterocycles. The second-order valence-electron chi connectivity index (χ2n) is 4.75. The average molecular weight is 234 g/mol. The number of hydrogen-bond donors (Lipinski definition) is 0. The molecule has 0 amide bonds. The zero-order valence-corrected chi connectivity index (χ0v) is 11.0. The molecule has 17 heavy (non-hydrogen) atoms. The third-order valence-electron chi connectivity index (χ3n) is 2.54. The maximum atomic E-state index is 11.8. The van der Waals surface area contributed by atoms with Crippen LogP contribution in [-0.4, -0.2) is 12.4 Å². The van der Waals surface area contributed by atoms with Gasteiger partial charge in [-0.3, -0.25) is 4.79 Å². The summed E-state index contributed by atoms with van der Waals surface area (Å²) in [4.78, 5) is 11.8. The first-order valence-electron chi connectivity index (χ1n) is 6.39. The monoisotopic (exact) mass is 234 g/mol.